The Kier molecular flexibility index (Phi) is 4.57. The van der Waals surface area contributed by atoms with Crippen LogP contribution in [-0.4, -0.2) is 11.1 Å². The van der Waals surface area contributed by atoms with Crippen LogP contribution in [0, 0.1) is 0 Å². The van der Waals surface area contributed by atoms with Gasteiger partial charge < -0.3 is 5.11 Å². The van der Waals surface area contributed by atoms with Crippen LogP contribution >= 0.6 is 38.6 Å². The van der Waals surface area contributed by atoms with Crippen LogP contribution in [0.25, 0.3) is 20.2 Å². The van der Waals surface area contributed by atoms with Crippen molar-refractivity contribution in [3.8, 4) is 0 Å². The summed E-state index contributed by atoms with van der Waals surface area (Å²) in [7, 11) is 0. The molecule has 0 atom stereocenters. The number of thiophene rings is 2. The summed E-state index contributed by atoms with van der Waals surface area (Å²) in [5.41, 5.74) is 0. The summed E-state index contributed by atoms with van der Waals surface area (Å²) in [6, 6.07) is 17.7. The number of carbonyl (C=O) groups is 1. The van der Waals surface area contributed by atoms with E-state index in [9.17, 15) is 4.79 Å². The van der Waals surface area contributed by atoms with Crippen LogP contribution in [-0.2, 0) is 0 Å². The number of benzene rings is 2. The van der Waals surface area contributed by atoms with Gasteiger partial charge in [0, 0.05) is 19.3 Å². The van der Waals surface area contributed by atoms with Crippen LogP contribution in [0.2, 0.25) is 0 Å². The number of carboxylic acids is 1. The van der Waals surface area contributed by atoms with Crippen molar-refractivity contribution in [1.82, 2.24) is 0 Å². The molecule has 0 amide bonds. The number of hydrogen-bond acceptors (Lipinski definition) is 3. The molecule has 0 aliphatic rings. The van der Waals surface area contributed by atoms with Gasteiger partial charge in [0.25, 0.3) is 0 Å². The Morgan fingerprint density at radius 1 is 1.00 bits per heavy atom. The minimum absolute atomic E-state index is 0.399. The Labute approximate surface area is 143 Å². The Hall–Kier alpha value is -1.69. The normalized spacial score (nSPS) is 10.4. The number of rotatable bonds is 1. The minimum Gasteiger partial charge on any atom is -0.477 e. The van der Waals surface area contributed by atoms with Gasteiger partial charge in [-0.25, -0.2) is 4.79 Å². The number of hydrogen-bond donors (Lipinski definition) is 1. The fourth-order valence-electron chi connectivity index (χ4n) is 2.04. The van der Waals surface area contributed by atoms with Gasteiger partial charge in [-0.15, -0.1) is 22.7 Å². The molecule has 2 aromatic carbocycles. The predicted octanol–water partition coefficient (Wildman–Crippen LogP) is 6.26. The zero-order chi connectivity index (χ0) is 15.5. The molecule has 0 aliphatic heterocycles. The second-order valence-electron chi connectivity index (χ2n) is 4.53. The quantitative estimate of drug-likeness (QED) is 0.416. The fraction of sp³-hybridized carbons (Fsp3) is 0. The van der Waals surface area contributed by atoms with Crippen molar-refractivity contribution in [2.45, 2.75) is 0 Å². The second-order valence-corrected chi connectivity index (χ2v) is 7.41. The molecule has 0 bridgehead atoms. The van der Waals surface area contributed by atoms with E-state index in [-0.39, 0.29) is 0 Å². The maximum atomic E-state index is 10.6. The van der Waals surface area contributed by atoms with Crippen LogP contribution in [0.4, 0.5) is 0 Å². The van der Waals surface area contributed by atoms with Crippen LogP contribution < -0.4 is 0 Å². The third-order valence-corrected chi connectivity index (χ3v) is 5.76. The molecule has 2 aromatic heterocycles. The van der Waals surface area contributed by atoms with Gasteiger partial charge in [0.1, 0.15) is 4.88 Å². The molecule has 0 spiro atoms. The molecule has 0 saturated heterocycles. The number of aromatic carboxylic acids is 1. The summed E-state index contributed by atoms with van der Waals surface area (Å²) in [4.78, 5) is 11.0. The highest BCUT2D eigenvalue weighted by atomic mass is 79.9. The van der Waals surface area contributed by atoms with Crippen LogP contribution in [0.5, 0.6) is 0 Å². The fourth-order valence-corrected chi connectivity index (χ4v) is 4.39. The van der Waals surface area contributed by atoms with Gasteiger partial charge >= 0.3 is 5.97 Å². The van der Waals surface area contributed by atoms with Crippen molar-refractivity contribution >= 4 is 64.7 Å². The lowest BCUT2D eigenvalue weighted by Crippen LogP contribution is -1.89. The summed E-state index contributed by atoms with van der Waals surface area (Å²) >= 11 is 6.56. The topological polar surface area (TPSA) is 37.3 Å². The van der Waals surface area contributed by atoms with Gasteiger partial charge in [0.2, 0.25) is 0 Å². The largest absolute Gasteiger partial charge is 0.477 e. The number of carboxylic acid groups (broad SMARTS) is 1. The lowest BCUT2D eigenvalue weighted by atomic mass is 10.2. The van der Waals surface area contributed by atoms with Gasteiger partial charge in [-0.05, 0) is 41.1 Å². The number of fused-ring (bicyclic) bond motifs is 2. The van der Waals surface area contributed by atoms with E-state index in [1.807, 2.05) is 24.3 Å². The Bertz CT molecular complexity index is 907. The molecule has 0 radical (unpaired) electrons. The van der Waals surface area contributed by atoms with Crippen molar-refractivity contribution in [1.29, 1.82) is 0 Å². The molecule has 2 nitrogen and oxygen atoms in total. The van der Waals surface area contributed by atoms with E-state index < -0.39 is 5.97 Å². The maximum absolute atomic E-state index is 10.6. The maximum Gasteiger partial charge on any atom is 0.345 e. The second kappa shape index (κ2) is 6.60. The predicted molar refractivity (Wildman–Crippen MR) is 98.3 cm³/mol. The van der Waals surface area contributed by atoms with Crippen molar-refractivity contribution in [2.24, 2.45) is 0 Å². The molecule has 5 heteroatoms. The Morgan fingerprint density at radius 3 is 2.50 bits per heavy atom. The summed E-state index contributed by atoms with van der Waals surface area (Å²) in [6.07, 6.45) is 0. The van der Waals surface area contributed by atoms with Gasteiger partial charge in [-0.2, -0.15) is 0 Å². The number of halogens is 1. The highest BCUT2D eigenvalue weighted by Gasteiger charge is 2.06. The van der Waals surface area contributed by atoms with Crippen molar-refractivity contribution < 1.29 is 9.90 Å². The molecule has 4 rings (SSSR count). The summed E-state index contributed by atoms with van der Waals surface area (Å²) < 4.78 is 3.55. The summed E-state index contributed by atoms with van der Waals surface area (Å²) in [6.45, 7) is 0. The van der Waals surface area contributed by atoms with E-state index in [4.69, 9.17) is 5.11 Å². The van der Waals surface area contributed by atoms with Crippen molar-refractivity contribution in [2.75, 3.05) is 0 Å². The molecule has 4 aromatic rings. The molecular weight excluding hydrogens is 380 g/mol. The SMILES string of the molecule is Brc1cccc2sccc12.O=C(O)c1cc2ccccc2s1. The highest BCUT2D eigenvalue weighted by Crippen LogP contribution is 2.27. The molecule has 0 aliphatic carbocycles. The lowest BCUT2D eigenvalue weighted by Gasteiger charge is -1.89. The zero-order valence-corrected chi connectivity index (χ0v) is 14.5. The van der Waals surface area contributed by atoms with E-state index in [0.29, 0.717) is 4.88 Å². The molecule has 110 valence electrons. The molecule has 22 heavy (non-hydrogen) atoms. The summed E-state index contributed by atoms with van der Waals surface area (Å²) in [5, 5.41) is 13.1. The first kappa shape index (κ1) is 15.2. The average molecular weight is 391 g/mol. The summed E-state index contributed by atoms with van der Waals surface area (Å²) in [5.74, 6) is -0.851. The Morgan fingerprint density at radius 2 is 1.77 bits per heavy atom. The minimum atomic E-state index is -0.851. The van der Waals surface area contributed by atoms with Crippen molar-refractivity contribution in [3.63, 3.8) is 0 Å². The third-order valence-electron chi connectivity index (χ3n) is 3.08. The highest BCUT2D eigenvalue weighted by molar-refractivity contribution is 9.10. The van der Waals surface area contributed by atoms with Crippen molar-refractivity contribution in [3.05, 3.63) is 69.3 Å². The lowest BCUT2D eigenvalue weighted by molar-refractivity contribution is 0.0702. The first-order chi connectivity index (χ1) is 10.6. The molecule has 2 heterocycles. The first-order valence-electron chi connectivity index (χ1n) is 6.49. The van der Waals surface area contributed by atoms with E-state index in [0.717, 1.165) is 10.1 Å². The van der Waals surface area contributed by atoms with Crippen LogP contribution in [0.3, 0.4) is 0 Å². The van der Waals surface area contributed by atoms with E-state index in [1.165, 1.54) is 25.9 Å². The first-order valence-corrected chi connectivity index (χ1v) is 8.97. The van der Waals surface area contributed by atoms with E-state index >= 15 is 0 Å². The monoisotopic (exact) mass is 390 g/mol. The molecular formula is C17H11BrO2S2. The Balaban J connectivity index is 0.000000133. The van der Waals surface area contributed by atoms with Gasteiger partial charge in [0.15, 0.2) is 0 Å². The van der Waals surface area contributed by atoms with Gasteiger partial charge in [0.05, 0.1) is 0 Å². The molecule has 0 unspecified atom stereocenters. The van der Waals surface area contributed by atoms with E-state index in [1.54, 1.807) is 17.4 Å². The van der Waals surface area contributed by atoms with Crippen LogP contribution in [0.15, 0.2) is 64.5 Å². The van der Waals surface area contributed by atoms with E-state index in [2.05, 4.69) is 45.6 Å². The van der Waals surface area contributed by atoms with Gasteiger partial charge in [-0.3, -0.25) is 0 Å². The zero-order valence-electron chi connectivity index (χ0n) is 11.3. The van der Waals surface area contributed by atoms with Crippen LogP contribution in [0.1, 0.15) is 9.67 Å². The molecule has 0 fully saturated rings. The third kappa shape index (κ3) is 3.21. The van der Waals surface area contributed by atoms with Gasteiger partial charge in [-0.1, -0.05) is 40.2 Å². The smallest absolute Gasteiger partial charge is 0.345 e. The average Bonchev–Trinajstić information content (AvgIpc) is 3.15. The molecule has 0 saturated carbocycles. The molecule has 1 N–H and O–H groups in total. The standard InChI is InChI=1S/C9H6O2S.C8H5BrS/c10-9(11)8-5-6-3-1-2-4-7(6)12-8;9-7-2-1-3-8-6(7)4-5-10-8/h1-5H,(H,10,11);1-5H.